The highest BCUT2D eigenvalue weighted by atomic mass is 16.2. The zero-order valence-electron chi connectivity index (χ0n) is 13.0. The van der Waals surface area contributed by atoms with Crippen LogP contribution in [0, 0.1) is 23.2 Å². The summed E-state index contributed by atoms with van der Waals surface area (Å²) in [7, 11) is 0. The number of piperidine rings is 1. The van der Waals surface area contributed by atoms with Crippen LogP contribution in [0.25, 0.3) is 5.70 Å². The molecule has 3 heterocycles. The third-order valence-corrected chi connectivity index (χ3v) is 4.63. The van der Waals surface area contributed by atoms with Gasteiger partial charge < -0.3 is 20.9 Å². The number of fused-ring (bicyclic) bond motifs is 1. The fourth-order valence-corrected chi connectivity index (χ4v) is 3.21. The lowest BCUT2D eigenvalue weighted by Crippen LogP contribution is -2.45. The van der Waals surface area contributed by atoms with Gasteiger partial charge in [0.15, 0.2) is 0 Å². The second-order valence-corrected chi connectivity index (χ2v) is 6.02. The molecule has 2 aliphatic heterocycles. The van der Waals surface area contributed by atoms with Crippen molar-refractivity contribution in [1.29, 1.82) is 5.26 Å². The first-order chi connectivity index (χ1) is 11.1. The third kappa shape index (κ3) is 2.80. The summed E-state index contributed by atoms with van der Waals surface area (Å²) in [6.45, 7) is 3.39. The van der Waals surface area contributed by atoms with Crippen LogP contribution in [-0.2, 0) is 4.79 Å². The molecule has 0 aromatic carbocycles. The Bertz CT molecular complexity index is 710. The number of hydrogen-bond donors (Lipinski definition) is 3. The van der Waals surface area contributed by atoms with Crippen molar-refractivity contribution in [1.82, 2.24) is 15.2 Å². The lowest BCUT2D eigenvalue weighted by atomic mass is 9.83. The molecule has 3 rings (SSSR count). The molecule has 0 spiro atoms. The lowest BCUT2D eigenvalue weighted by Gasteiger charge is -2.38. The Labute approximate surface area is 134 Å². The average molecular weight is 312 g/mol. The average Bonchev–Trinajstić information content (AvgIpc) is 3.03. The van der Waals surface area contributed by atoms with Crippen molar-refractivity contribution in [3.63, 3.8) is 0 Å². The number of H-pyrrole nitrogens is 1. The maximum Gasteiger partial charge on any atom is 0.236 e. The van der Waals surface area contributed by atoms with Crippen LogP contribution in [0.2, 0.25) is 0 Å². The summed E-state index contributed by atoms with van der Waals surface area (Å²) in [6.07, 6.45) is 4.25. The second kappa shape index (κ2) is 6.16. The molecular formula is C16H20N6O. The van der Waals surface area contributed by atoms with E-state index in [9.17, 15) is 4.79 Å². The minimum Gasteiger partial charge on any atom is -0.400 e. The number of nitrogens with zero attached hydrogens (tertiary/aromatic N) is 3. The van der Waals surface area contributed by atoms with E-state index in [1.807, 2.05) is 18.3 Å². The number of carbonyl (C=O) groups is 1. The molecule has 0 bridgehead atoms. The summed E-state index contributed by atoms with van der Waals surface area (Å²) >= 11 is 0. The minimum atomic E-state index is -0.123. The number of nitrogens with two attached hydrogens (primary N) is 1. The first kappa shape index (κ1) is 15.2. The smallest absolute Gasteiger partial charge is 0.236 e. The predicted molar refractivity (Wildman–Crippen MR) is 87.3 cm³/mol. The Kier molecular flexibility index (Phi) is 4.06. The Balaban J connectivity index is 1.87. The number of rotatable bonds is 2. The monoisotopic (exact) mass is 312 g/mol. The highest BCUT2D eigenvalue weighted by Gasteiger charge is 2.32. The number of aromatic amines is 1. The maximum atomic E-state index is 12.0. The van der Waals surface area contributed by atoms with Gasteiger partial charge in [-0.25, -0.2) is 4.99 Å². The molecule has 2 aliphatic rings. The number of hydrogen-bond acceptors (Lipinski definition) is 5. The largest absolute Gasteiger partial charge is 0.400 e. The van der Waals surface area contributed by atoms with Crippen LogP contribution < -0.4 is 11.1 Å². The van der Waals surface area contributed by atoms with Gasteiger partial charge in [-0.3, -0.25) is 4.79 Å². The Morgan fingerprint density at radius 2 is 2.43 bits per heavy atom. The SMILES string of the molecule is CC1CCN(C(=O)CC#N)CC1/C(N)=C1/NC=Nc2[nH]ccc21. The van der Waals surface area contributed by atoms with Crippen LogP contribution in [0.15, 0.2) is 23.0 Å². The summed E-state index contributed by atoms with van der Waals surface area (Å²) in [5.74, 6) is 1.09. The minimum absolute atomic E-state index is 0.0585. The van der Waals surface area contributed by atoms with E-state index in [1.54, 1.807) is 11.2 Å². The van der Waals surface area contributed by atoms with Gasteiger partial charge in [-0.05, 0) is 18.4 Å². The molecule has 7 heteroatoms. The van der Waals surface area contributed by atoms with Gasteiger partial charge in [-0.2, -0.15) is 5.26 Å². The topological polar surface area (TPSA) is 110 Å². The molecule has 4 N–H and O–H groups in total. The number of amides is 1. The van der Waals surface area contributed by atoms with E-state index in [0.29, 0.717) is 19.0 Å². The molecule has 0 radical (unpaired) electrons. The summed E-state index contributed by atoms with van der Waals surface area (Å²) in [5, 5.41) is 11.9. The number of aromatic nitrogens is 1. The maximum absolute atomic E-state index is 12.0. The van der Waals surface area contributed by atoms with Crippen LogP contribution >= 0.6 is 0 Å². The summed E-state index contributed by atoms with van der Waals surface area (Å²) in [5.41, 5.74) is 8.99. The van der Waals surface area contributed by atoms with E-state index in [2.05, 4.69) is 22.2 Å². The van der Waals surface area contributed by atoms with Gasteiger partial charge in [0, 0.05) is 36.5 Å². The van der Waals surface area contributed by atoms with Gasteiger partial charge in [0.1, 0.15) is 12.2 Å². The van der Waals surface area contributed by atoms with Gasteiger partial charge in [0.05, 0.1) is 18.1 Å². The van der Waals surface area contributed by atoms with E-state index in [0.717, 1.165) is 29.2 Å². The van der Waals surface area contributed by atoms with E-state index >= 15 is 0 Å². The van der Waals surface area contributed by atoms with E-state index in [1.165, 1.54) is 0 Å². The van der Waals surface area contributed by atoms with Crippen molar-refractivity contribution in [3.8, 4) is 6.07 Å². The van der Waals surface area contributed by atoms with Crippen LogP contribution in [0.5, 0.6) is 0 Å². The van der Waals surface area contributed by atoms with E-state index < -0.39 is 0 Å². The van der Waals surface area contributed by atoms with Crippen molar-refractivity contribution in [2.24, 2.45) is 22.6 Å². The van der Waals surface area contributed by atoms with E-state index in [4.69, 9.17) is 11.0 Å². The van der Waals surface area contributed by atoms with Crippen molar-refractivity contribution in [2.75, 3.05) is 13.1 Å². The molecule has 2 atom stereocenters. The van der Waals surface area contributed by atoms with E-state index in [-0.39, 0.29) is 18.2 Å². The molecule has 7 nitrogen and oxygen atoms in total. The zero-order chi connectivity index (χ0) is 16.4. The number of likely N-dealkylation sites (tertiary alicyclic amines) is 1. The number of nitrogens with one attached hydrogen (secondary N) is 2. The third-order valence-electron chi connectivity index (χ3n) is 4.63. The van der Waals surface area contributed by atoms with Crippen molar-refractivity contribution >= 4 is 23.8 Å². The number of carbonyl (C=O) groups excluding carboxylic acids is 1. The predicted octanol–water partition coefficient (Wildman–Crippen LogP) is 1.30. The van der Waals surface area contributed by atoms with Gasteiger partial charge in [-0.1, -0.05) is 6.92 Å². The molecule has 23 heavy (non-hydrogen) atoms. The lowest BCUT2D eigenvalue weighted by molar-refractivity contribution is -0.132. The molecule has 1 saturated heterocycles. The number of nitriles is 1. The highest BCUT2D eigenvalue weighted by Crippen LogP contribution is 2.33. The Hall–Kier alpha value is -2.75. The molecule has 0 saturated carbocycles. The molecule has 1 amide bonds. The summed E-state index contributed by atoms with van der Waals surface area (Å²) in [6, 6.07) is 3.86. The normalized spacial score (nSPS) is 25.3. The Morgan fingerprint density at radius 1 is 1.61 bits per heavy atom. The first-order valence-electron chi connectivity index (χ1n) is 7.73. The molecule has 1 aromatic rings. The first-order valence-corrected chi connectivity index (χ1v) is 7.73. The highest BCUT2D eigenvalue weighted by molar-refractivity contribution is 5.87. The second-order valence-electron chi connectivity index (χ2n) is 6.02. The quantitative estimate of drug-likeness (QED) is 0.764. The van der Waals surface area contributed by atoms with Gasteiger partial charge in [0.2, 0.25) is 5.91 Å². The summed E-state index contributed by atoms with van der Waals surface area (Å²) < 4.78 is 0. The molecule has 1 fully saturated rings. The number of aliphatic imine (C=N–C) groups is 1. The molecule has 0 aliphatic carbocycles. The zero-order valence-corrected chi connectivity index (χ0v) is 13.0. The molecule has 2 unspecified atom stereocenters. The van der Waals surface area contributed by atoms with Crippen LogP contribution in [0.1, 0.15) is 25.3 Å². The summed E-state index contributed by atoms with van der Waals surface area (Å²) in [4.78, 5) is 21.1. The van der Waals surface area contributed by atoms with Gasteiger partial charge in [-0.15, -0.1) is 0 Å². The molecule has 1 aromatic heterocycles. The van der Waals surface area contributed by atoms with Crippen molar-refractivity contribution < 1.29 is 4.79 Å². The van der Waals surface area contributed by atoms with Crippen molar-refractivity contribution in [2.45, 2.75) is 19.8 Å². The van der Waals surface area contributed by atoms with Crippen LogP contribution in [0.3, 0.4) is 0 Å². The molecule has 120 valence electrons. The fraction of sp³-hybridized carbons (Fsp3) is 0.438. The standard InChI is InChI=1S/C16H20N6O/c1-10-4-7-22(13(23)2-5-17)8-12(10)14(18)15-11-3-6-19-16(11)21-9-20-15/h3,6,9-10,12,19H,2,4,7-8,18H2,1H3,(H,20,21)/b15-14-. The fourth-order valence-electron chi connectivity index (χ4n) is 3.21. The Morgan fingerprint density at radius 3 is 3.22 bits per heavy atom. The van der Waals surface area contributed by atoms with Crippen LogP contribution in [0.4, 0.5) is 5.82 Å². The van der Waals surface area contributed by atoms with Crippen LogP contribution in [-0.4, -0.2) is 35.2 Å². The van der Waals surface area contributed by atoms with Gasteiger partial charge in [0.25, 0.3) is 0 Å². The molecular weight excluding hydrogens is 292 g/mol. The van der Waals surface area contributed by atoms with Gasteiger partial charge >= 0.3 is 0 Å². The van der Waals surface area contributed by atoms with Crippen molar-refractivity contribution in [3.05, 3.63) is 23.5 Å².